The molecule has 1 atom stereocenters. The lowest BCUT2D eigenvalue weighted by Gasteiger charge is -2.43. The monoisotopic (exact) mass is 342 g/mol. The Kier molecular flexibility index (Phi) is 6.38. The maximum atomic E-state index is 9.22. The molecule has 0 bridgehead atoms. The molecule has 0 amide bonds. The lowest BCUT2D eigenvalue weighted by atomic mass is 10.1. The maximum Gasteiger partial charge on any atom is 0.261 e. The van der Waals surface area contributed by atoms with Crippen LogP contribution < -0.4 is 10.4 Å². The van der Waals surface area contributed by atoms with Crippen LogP contribution in [-0.4, -0.2) is 26.6 Å². The van der Waals surface area contributed by atoms with Crippen molar-refractivity contribution < 1.29 is 9.53 Å². The standard InChI is InChI=1S/C21H30O2Si/c1-18(15-16-22)17-23-24(21(2,3)4,19-11-7-5-8-12-19)20-13-9-6-10-14-20/h5-14,18,22H,15-17H2,1-4H3/t18-/m1/s1. The van der Waals surface area contributed by atoms with Crippen molar-refractivity contribution in [3.63, 3.8) is 0 Å². The zero-order valence-corrected chi connectivity index (χ0v) is 16.3. The Hall–Kier alpha value is -1.42. The average Bonchev–Trinajstić information content (AvgIpc) is 2.56. The lowest BCUT2D eigenvalue weighted by molar-refractivity contribution is 0.200. The molecule has 0 fully saturated rings. The van der Waals surface area contributed by atoms with Gasteiger partial charge in [0.25, 0.3) is 8.32 Å². The first kappa shape index (κ1) is 18.9. The fourth-order valence-corrected chi connectivity index (χ4v) is 8.02. The third-order valence-corrected chi connectivity index (χ3v) is 9.63. The summed E-state index contributed by atoms with van der Waals surface area (Å²) >= 11 is 0. The number of aliphatic hydroxyl groups excluding tert-OH is 1. The summed E-state index contributed by atoms with van der Waals surface area (Å²) in [5.74, 6) is 0.344. The Balaban J connectivity index is 2.53. The summed E-state index contributed by atoms with van der Waals surface area (Å²) in [6, 6.07) is 21.4. The van der Waals surface area contributed by atoms with Gasteiger partial charge in [-0.1, -0.05) is 88.4 Å². The van der Waals surface area contributed by atoms with Crippen molar-refractivity contribution in [3.05, 3.63) is 60.7 Å². The van der Waals surface area contributed by atoms with Gasteiger partial charge in [-0.05, 0) is 27.8 Å². The highest BCUT2D eigenvalue weighted by Gasteiger charge is 2.50. The third kappa shape index (κ3) is 3.97. The van der Waals surface area contributed by atoms with E-state index in [4.69, 9.17) is 4.43 Å². The van der Waals surface area contributed by atoms with E-state index in [1.54, 1.807) is 0 Å². The molecule has 0 unspecified atom stereocenters. The zero-order valence-electron chi connectivity index (χ0n) is 15.3. The molecule has 0 radical (unpaired) electrons. The first-order valence-electron chi connectivity index (χ1n) is 8.77. The van der Waals surface area contributed by atoms with E-state index in [9.17, 15) is 5.11 Å². The lowest BCUT2D eigenvalue weighted by Crippen LogP contribution is -2.66. The summed E-state index contributed by atoms with van der Waals surface area (Å²) in [5.41, 5.74) is 0. The van der Waals surface area contributed by atoms with Crippen LogP contribution in [0.1, 0.15) is 34.1 Å². The van der Waals surface area contributed by atoms with E-state index in [2.05, 4.69) is 88.4 Å². The van der Waals surface area contributed by atoms with Crippen LogP contribution in [0.25, 0.3) is 0 Å². The van der Waals surface area contributed by atoms with Crippen molar-refractivity contribution in [1.29, 1.82) is 0 Å². The first-order chi connectivity index (χ1) is 11.4. The molecule has 1 N–H and O–H groups in total. The highest BCUT2D eigenvalue weighted by molar-refractivity contribution is 6.99. The van der Waals surface area contributed by atoms with E-state index in [0.717, 1.165) is 6.42 Å². The molecule has 2 rings (SSSR count). The van der Waals surface area contributed by atoms with Gasteiger partial charge in [0.1, 0.15) is 0 Å². The molecule has 0 spiro atoms. The molecule has 0 aliphatic carbocycles. The Bertz CT molecular complexity index is 565. The van der Waals surface area contributed by atoms with Gasteiger partial charge in [-0.2, -0.15) is 0 Å². The predicted molar refractivity (Wildman–Crippen MR) is 104 cm³/mol. The van der Waals surface area contributed by atoms with Gasteiger partial charge in [0.15, 0.2) is 0 Å². The molecule has 0 saturated heterocycles. The Labute approximate surface area is 147 Å². The van der Waals surface area contributed by atoms with E-state index < -0.39 is 8.32 Å². The minimum absolute atomic E-state index is 0.00857. The molecule has 130 valence electrons. The predicted octanol–water partition coefficient (Wildman–Crippen LogP) is 3.58. The molecule has 3 heteroatoms. The quantitative estimate of drug-likeness (QED) is 0.779. The second-order valence-corrected chi connectivity index (χ2v) is 11.9. The average molecular weight is 343 g/mol. The topological polar surface area (TPSA) is 29.5 Å². The Morgan fingerprint density at radius 2 is 1.38 bits per heavy atom. The molecular weight excluding hydrogens is 312 g/mol. The molecule has 0 heterocycles. The van der Waals surface area contributed by atoms with Crippen molar-refractivity contribution in [2.75, 3.05) is 13.2 Å². The minimum atomic E-state index is -2.42. The van der Waals surface area contributed by atoms with Gasteiger partial charge < -0.3 is 9.53 Å². The van der Waals surface area contributed by atoms with Crippen molar-refractivity contribution >= 4 is 18.7 Å². The van der Waals surface area contributed by atoms with Crippen LogP contribution in [0, 0.1) is 5.92 Å². The summed E-state index contributed by atoms with van der Waals surface area (Å²) in [6.45, 7) is 9.90. The van der Waals surface area contributed by atoms with E-state index in [1.165, 1.54) is 10.4 Å². The Morgan fingerprint density at radius 3 is 1.75 bits per heavy atom. The fraction of sp³-hybridized carbons (Fsp3) is 0.429. The molecule has 0 aromatic heterocycles. The molecule has 2 nitrogen and oxygen atoms in total. The SMILES string of the molecule is C[C@H](CCO)CO[Si](c1ccccc1)(c1ccccc1)C(C)(C)C. The van der Waals surface area contributed by atoms with Gasteiger partial charge in [0.05, 0.1) is 0 Å². The second-order valence-electron chi connectivity index (χ2n) is 7.59. The van der Waals surface area contributed by atoms with Gasteiger partial charge in [0.2, 0.25) is 0 Å². The van der Waals surface area contributed by atoms with E-state index in [1.807, 2.05) is 0 Å². The van der Waals surface area contributed by atoms with Crippen molar-refractivity contribution in [2.24, 2.45) is 5.92 Å². The van der Waals surface area contributed by atoms with Crippen molar-refractivity contribution in [1.82, 2.24) is 0 Å². The van der Waals surface area contributed by atoms with Crippen LogP contribution in [0.15, 0.2) is 60.7 Å². The van der Waals surface area contributed by atoms with Crippen LogP contribution in [0.2, 0.25) is 5.04 Å². The summed E-state index contributed by atoms with van der Waals surface area (Å²) in [6.07, 6.45) is 0.776. The Morgan fingerprint density at radius 1 is 0.917 bits per heavy atom. The summed E-state index contributed by atoms with van der Waals surface area (Å²) < 4.78 is 6.81. The van der Waals surface area contributed by atoms with Gasteiger partial charge in [-0.3, -0.25) is 0 Å². The summed E-state index contributed by atoms with van der Waals surface area (Å²) in [4.78, 5) is 0. The van der Waals surface area contributed by atoms with Crippen LogP contribution >= 0.6 is 0 Å². The molecule has 2 aromatic rings. The molecule has 0 aliphatic heterocycles. The minimum Gasteiger partial charge on any atom is -0.407 e. The van der Waals surface area contributed by atoms with Crippen molar-refractivity contribution in [2.45, 2.75) is 39.2 Å². The fourth-order valence-electron chi connectivity index (χ4n) is 3.33. The van der Waals surface area contributed by atoms with Gasteiger partial charge >= 0.3 is 0 Å². The van der Waals surface area contributed by atoms with Gasteiger partial charge in [-0.25, -0.2) is 0 Å². The van der Waals surface area contributed by atoms with Crippen LogP contribution in [0.3, 0.4) is 0 Å². The highest BCUT2D eigenvalue weighted by Crippen LogP contribution is 2.37. The number of hydrogen-bond donors (Lipinski definition) is 1. The maximum absolute atomic E-state index is 9.22. The normalized spacial score (nSPS) is 13.7. The molecule has 0 aliphatic rings. The number of hydrogen-bond acceptors (Lipinski definition) is 2. The van der Waals surface area contributed by atoms with E-state index >= 15 is 0 Å². The molecular formula is C21H30O2Si. The van der Waals surface area contributed by atoms with Crippen LogP contribution in [-0.2, 0) is 4.43 Å². The van der Waals surface area contributed by atoms with E-state index in [-0.39, 0.29) is 11.6 Å². The third-order valence-electron chi connectivity index (χ3n) is 4.62. The van der Waals surface area contributed by atoms with Crippen LogP contribution in [0.5, 0.6) is 0 Å². The van der Waals surface area contributed by atoms with Crippen LogP contribution in [0.4, 0.5) is 0 Å². The smallest absolute Gasteiger partial charge is 0.261 e. The molecule has 0 saturated carbocycles. The highest BCUT2D eigenvalue weighted by atomic mass is 28.4. The molecule has 2 aromatic carbocycles. The first-order valence-corrected chi connectivity index (χ1v) is 10.7. The zero-order chi connectivity index (χ0) is 17.6. The second kappa shape index (κ2) is 8.10. The van der Waals surface area contributed by atoms with Crippen molar-refractivity contribution in [3.8, 4) is 0 Å². The number of benzene rings is 2. The largest absolute Gasteiger partial charge is 0.407 e. The van der Waals surface area contributed by atoms with Gasteiger partial charge in [0, 0.05) is 13.2 Å². The van der Waals surface area contributed by atoms with Gasteiger partial charge in [-0.15, -0.1) is 0 Å². The summed E-state index contributed by atoms with van der Waals surface area (Å²) in [5, 5.41) is 11.8. The summed E-state index contributed by atoms with van der Waals surface area (Å²) in [7, 11) is -2.42. The number of rotatable bonds is 7. The number of aliphatic hydroxyl groups is 1. The molecule has 24 heavy (non-hydrogen) atoms. The van der Waals surface area contributed by atoms with E-state index in [0.29, 0.717) is 12.5 Å².